The molecule has 2 aromatic carbocycles. The summed E-state index contributed by atoms with van der Waals surface area (Å²) in [4.78, 5) is 9.92. The molecular formula is C26H22N2. The molecule has 4 bridgehead atoms. The van der Waals surface area contributed by atoms with Crippen LogP contribution in [0.5, 0.6) is 0 Å². The number of nitrogens with zero attached hydrogens (tertiary/aromatic N) is 2. The maximum atomic E-state index is 4.96. The van der Waals surface area contributed by atoms with Crippen LogP contribution in [0.4, 0.5) is 0 Å². The molecule has 0 N–H and O–H groups in total. The average molecular weight is 362 g/mol. The van der Waals surface area contributed by atoms with Crippen LogP contribution < -0.4 is 0 Å². The Morgan fingerprint density at radius 1 is 0.429 bits per heavy atom. The summed E-state index contributed by atoms with van der Waals surface area (Å²) in [5.41, 5.74) is 9.57. The molecule has 1 aliphatic rings. The van der Waals surface area contributed by atoms with Gasteiger partial charge in [-0.25, -0.2) is 0 Å². The SMILES string of the molecule is c1cc2nc(c1)-c1ccccc1CCc1ccccc1-c1cccc(n1)CC2. The minimum absolute atomic E-state index is 0.897. The number of hydrogen-bond acceptors (Lipinski definition) is 2. The van der Waals surface area contributed by atoms with Crippen LogP contribution in [0.2, 0.25) is 0 Å². The predicted molar refractivity (Wildman–Crippen MR) is 114 cm³/mol. The van der Waals surface area contributed by atoms with Crippen molar-refractivity contribution in [1.82, 2.24) is 9.97 Å². The van der Waals surface area contributed by atoms with Crippen molar-refractivity contribution in [1.29, 1.82) is 0 Å². The lowest BCUT2D eigenvalue weighted by molar-refractivity contribution is 0.879. The Morgan fingerprint density at radius 2 is 0.893 bits per heavy atom. The fourth-order valence-corrected chi connectivity index (χ4v) is 4.04. The molecule has 4 aromatic rings. The highest BCUT2D eigenvalue weighted by molar-refractivity contribution is 5.66. The summed E-state index contributed by atoms with van der Waals surface area (Å²) in [7, 11) is 0. The van der Waals surface area contributed by atoms with Gasteiger partial charge in [0.15, 0.2) is 0 Å². The van der Waals surface area contributed by atoms with E-state index < -0.39 is 0 Å². The van der Waals surface area contributed by atoms with Crippen molar-refractivity contribution in [2.45, 2.75) is 25.7 Å². The number of rotatable bonds is 0. The molecule has 3 heterocycles. The lowest BCUT2D eigenvalue weighted by Gasteiger charge is -2.14. The van der Waals surface area contributed by atoms with E-state index in [-0.39, 0.29) is 0 Å². The molecule has 136 valence electrons. The number of pyridine rings is 2. The maximum absolute atomic E-state index is 4.96. The quantitative estimate of drug-likeness (QED) is 0.401. The normalized spacial score (nSPS) is 13.1. The third-order valence-corrected chi connectivity index (χ3v) is 5.50. The Kier molecular flexibility index (Phi) is 4.46. The van der Waals surface area contributed by atoms with E-state index in [0.717, 1.165) is 48.5 Å². The number of aryl methyl sites for hydroxylation is 4. The molecule has 0 radical (unpaired) electrons. The smallest absolute Gasteiger partial charge is 0.0708 e. The molecule has 2 nitrogen and oxygen atoms in total. The van der Waals surface area contributed by atoms with Gasteiger partial charge in [0.2, 0.25) is 0 Å². The summed E-state index contributed by atoms with van der Waals surface area (Å²) < 4.78 is 0. The van der Waals surface area contributed by atoms with Crippen LogP contribution in [0, 0.1) is 0 Å². The van der Waals surface area contributed by atoms with Gasteiger partial charge in [-0.05, 0) is 61.1 Å². The minimum Gasteiger partial charge on any atom is -0.253 e. The monoisotopic (exact) mass is 362 g/mol. The largest absolute Gasteiger partial charge is 0.253 e. The molecule has 0 amide bonds. The van der Waals surface area contributed by atoms with Crippen molar-refractivity contribution in [2.75, 3.05) is 0 Å². The standard InChI is InChI=1S/C26H22N2/c1-3-11-23-19(7-1)15-16-20-8-2-4-12-24(20)26-14-6-10-22(28-26)18-17-21-9-5-13-25(23)27-21/h1-14H,15-18H2. The summed E-state index contributed by atoms with van der Waals surface area (Å²) in [5.74, 6) is 0. The van der Waals surface area contributed by atoms with Crippen LogP contribution in [0.15, 0.2) is 84.9 Å². The fourth-order valence-electron chi connectivity index (χ4n) is 4.04. The summed E-state index contributed by atoms with van der Waals surface area (Å²) >= 11 is 0. The third kappa shape index (κ3) is 3.34. The van der Waals surface area contributed by atoms with E-state index in [2.05, 4.69) is 84.9 Å². The Balaban J connectivity index is 1.66. The third-order valence-electron chi connectivity index (χ3n) is 5.50. The van der Waals surface area contributed by atoms with Gasteiger partial charge in [0, 0.05) is 22.5 Å². The van der Waals surface area contributed by atoms with Gasteiger partial charge in [-0.1, -0.05) is 60.7 Å². The first-order valence-electron chi connectivity index (χ1n) is 9.95. The summed E-state index contributed by atoms with van der Waals surface area (Å²) in [6.07, 6.45) is 3.76. The molecule has 28 heavy (non-hydrogen) atoms. The van der Waals surface area contributed by atoms with Gasteiger partial charge in [-0.2, -0.15) is 0 Å². The van der Waals surface area contributed by atoms with Crippen molar-refractivity contribution in [3.05, 3.63) is 107 Å². The highest BCUT2D eigenvalue weighted by atomic mass is 14.7. The average Bonchev–Trinajstić information content (AvgIpc) is 2.77. The van der Waals surface area contributed by atoms with Crippen molar-refractivity contribution < 1.29 is 0 Å². The number of benzene rings is 2. The molecule has 0 fully saturated rings. The number of fused-ring (bicyclic) bond motifs is 8. The van der Waals surface area contributed by atoms with Crippen LogP contribution >= 0.6 is 0 Å². The predicted octanol–water partition coefficient (Wildman–Crippen LogP) is 5.69. The molecule has 0 saturated carbocycles. The van der Waals surface area contributed by atoms with E-state index in [0.29, 0.717) is 0 Å². The first-order valence-corrected chi connectivity index (χ1v) is 9.95. The highest BCUT2D eigenvalue weighted by Gasteiger charge is 2.12. The molecule has 1 aliphatic heterocycles. The van der Waals surface area contributed by atoms with Crippen molar-refractivity contribution in [2.24, 2.45) is 0 Å². The number of aromatic nitrogens is 2. The van der Waals surface area contributed by atoms with E-state index in [1.165, 1.54) is 22.3 Å². The summed E-state index contributed by atoms with van der Waals surface area (Å²) in [6.45, 7) is 0. The van der Waals surface area contributed by atoms with E-state index >= 15 is 0 Å². The zero-order valence-electron chi connectivity index (χ0n) is 15.8. The first kappa shape index (κ1) is 16.9. The molecule has 0 unspecified atom stereocenters. The van der Waals surface area contributed by atoms with Gasteiger partial charge in [-0.3, -0.25) is 9.97 Å². The molecule has 0 saturated heterocycles. The lowest BCUT2D eigenvalue weighted by Crippen LogP contribution is -2.02. The van der Waals surface area contributed by atoms with E-state index in [1.54, 1.807) is 0 Å². The molecule has 2 heteroatoms. The second-order valence-corrected chi connectivity index (χ2v) is 7.34. The Hall–Kier alpha value is -3.26. The zero-order chi connectivity index (χ0) is 18.8. The first-order chi connectivity index (χ1) is 13.9. The summed E-state index contributed by atoms with van der Waals surface area (Å²) in [6, 6.07) is 30.1. The van der Waals surface area contributed by atoms with Gasteiger partial charge >= 0.3 is 0 Å². The maximum Gasteiger partial charge on any atom is 0.0708 e. The van der Waals surface area contributed by atoms with Gasteiger partial charge in [-0.15, -0.1) is 0 Å². The Labute approximate surface area is 165 Å². The second-order valence-electron chi connectivity index (χ2n) is 7.34. The minimum atomic E-state index is 0.897. The number of hydrogen-bond donors (Lipinski definition) is 0. The summed E-state index contributed by atoms with van der Waals surface area (Å²) in [5, 5.41) is 0. The van der Waals surface area contributed by atoms with Crippen molar-refractivity contribution in [3.63, 3.8) is 0 Å². The van der Waals surface area contributed by atoms with Gasteiger partial charge in [0.05, 0.1) is 11.4 Å². The molecule has 0 aliphatic carbocycles. The lowest BCUT2D eigenvalue weighted by atomic mass is 9.94. The topological polar surface area (TPSA) is 25.8 Å². The highest BCUT2D eigenvalue weighted by Crippen LogP contribution is 2.27. The molecule has 5 rings (SSSR count). The van der Waals surface area contributed by atoms with Crippen molar-refractivity contribution in [3.8, 4) is 22.5 Å². The van der Waals surface area contributed by atoms with Crippen LogP contribution in [-0.4, -0.2) is 9.97 Å². The molecular weight excluding hydrogens is 340 g/mol. The van der Waals surface area contributed by atoms with Crippen LogP contribution in [-0.2, 0) is 25.7 Å². The van der Waals surface area contributed by atoms with Crippen molar-refractivity contribution >= 4 is 0 Å². The van der Waals surface area contributed by atoms with Gasteiger partial charge in [0.1, 0.15) is 0 Å². The molecule has 0 atom stereocenters. The molecule has 2 aromatic heterocycles. The van der Waals surface area contributed by atoms with E-state index in [4.69, 9.17) is 9.97 Å². The zero-order valence-corrected chi connectivity index (χ0v) is 15.8. The van der Waals surface area contributed by atoms with E-state index in [1.807, 2.05) is 0 Å². The van der Waals surface area contributed by atoms with E-state index in [9.17, 15) is 0 Å². The fraction of sp³-hybridized carbons (Fsp3) is 0.154. The van der Waals surface area contributed by atoms with Crippen LogP contribution in [0.1, 0.15) is 22.5 Å². The van der Waals surface area contributed by atoms with Gasteiger partial charge < -0.3 is 0 Å². The van der Waals surface area contributed by atoms with Crippen LogP contribution in [0.25, 0.3) is 22.5 Å². The second kappa shape index (κ2) is 7.40. The van der Waals surface area contributed by atoms with Gasteiger partial charge in [0.25, 0.3) is 0 Å². The van der Waals surface area contributed by atoms with Crippen LogP contribution in [0.3, 0.4) is 0 Å². The Morgan fingerprint density at radius 3 is 1.39 bits per heavy atom. The molecule has 0 spiro atoms. The Bertz CT molecular complexity index is 1040.